The third kappa shape index (κ3) is 13.5. The Morgan fingerprint density at radius 3 is 2.73 bits per heavy atom. The molecule has 0 spiro atoms. The van der Waals surface area contributed by atoms with E-state index < -0.39 is 6.29 Å². The number of hydrogen-bond acceptors (Lipinski definition) is 2. The zero-order chi connectivity index (χ0) is 7.82. The average molecular weight is 227 g/mol. The van der Waals surface area contributed by atoms with Crippen LogP contribution in [0.1, 0.15) is 6.92 Å². The van der Waals surface area contributed by atoms with E-state index in [1.807, 2.05) is 0 Å². The second kappa shape index (κ2) is 10.6. The summed E-state index contributed by atoms with van der Waals surface area (Å²) in [5.74, 6) is 0. The van der Waals surface area contributed by atoms with Gasteiger partial charge in [-0.1, -0.05) is 7.85 Å². The van der Waals surface area contributed by atoms with E-state index in [1.165, 1.54) is 6.32 Å². The van der Waals surface area contributed by atoms with Gasteiger partial charge in [-0.25, -0.2) is 0 Å². The van der Waals surface area contributed by atoms with Crippen LogP contribution < -0.4 is 0 Å². The van der Waals surface area contributed by atoms with E-state index in [-0.39, 0.29) is 32.7 Å². The van der Waals surface area contributed by atoms with Gasteiger partial charge in [0.15, 0.2) is 0 Å². The van der Waals surface area contributed by atoms with Crippen molar-refractivity contribution in [3.8, 4) is 0 Å². The fourth-order valence-corrected chi connectivity index (χ4v) is 0.393. The smallest absolute Gasteiger partial charge is 0.150 e. The number of rotatable bonds is 5. The first-order chi connectivity index (χ1) is 4.77. The first-order valence-corrected chi connectivity index (χ1v) is 3.10. The standard InChI is InChI=1S/C7H11BO2.Y/c1-7(9)10-6-4-2-3-5-8;/h2-5,7,9H,6H2,1H3;/q-2;/b3-2-;. The van der Waals surface area contributed by atoms with Gasteiger partial charge in [-0.05, 0) is 13.5 Å². The van der Waals surface area contributed by atoms with Gasteiger partial charge >= 0.3 is 0 Å². The van der Waals surface area contributed by atoms with Crippen molar-refractivity contribution in [2.75, 3.05) is 6.61 Å². The first kappa shape index (κ1) is 14.1. The molecule has 0 aliphatic rings. The number of aliphatic hydroxyl groups is 1. The number of allylic oxidation sites excluding steroid dienone is 1. The third-order valence-electron chi connectivity index (χ3n) is 0.792. The predicted octanol–water partition coefficient (Wildman–Crippen LogP) is 0.430. The first-order valence-electron chi connectivity index (χ1n) is 3.10. The van der Waals surface area contributed by atoms with Gasteiger partial charge in [-0.2, -0.15) is 0 Å². The molecule has 0 saturated carbocycles. The van der Waals surface area contributed by atoms with E-state index in [0.717, 1.165) is 0 Å². The second-order valence-corrected chi connectivity index (χ2v) is 1.75. The maximum absolute atomic E-state index is 8.61. The summed E-state index contributed by atoms with van der Waals surface area (Å²) in [4.78, 5) is 0. The van der Waals surface area contributed by atoms with Crippen LogP contribution in [0.25, 0.3) is 0 Å². The Hall–Kier alpha value is 0.569. The predicted molar refractivity (Wildman–Crippen MR) is 41.1 cm³/mol. The molecule has 0 aromatic rings. The minimum atomic E-state index is -0.702. The van der Waals surface area contributed by atoms with Gasteiger partial charge in [0.1, 0.15) is 6.29 Å². The van der Waals surface area contributed by atoms with Crippen LogP contribution in [0.4, 0.5) is 0 Å². The largest absolute Gasteiger partial charge is 0.385 e. The number of ether oxygens (including phenoxy) is 1. The van der Waals surface area contributed by atoms with Crippen LogP contribution in [0, 0.1) is 12.7 Å². The molecule has 0 aromatic heterocycles. The van der Waals surface area contributed by atoms with Crippen LogP contribution in [-0.4, -0.2) is 25.8 Å². The normalized spacial score (nSPS) is 12.2. The van der Waals surface area contributed by atoms with Crippen LogP contribution in [0.5, 0.6) is 0 Å². The molecule has 0 aliphatic heterocycles. The van der Waals surface area contributed by atoms with Crippen LogP contribution >= 0.6 is 0 Å². The fraction of sp³-hybridized carbons (Fsp3) is 0.429. The van der Waals surface area contributed by atoms with Crippen molar-refractivity contribution >= 4 is 7.85 Å². The Kier molecular flexibility index (Phi) is 13.6. The molecular weight excluding hydrogens is 216 g/mol. The SMILES string of the molecule is [B][CH-]/C=C\[CH-]COC(C)O.[Y]. The third-order valence-corrected chi connectivity index (χ3v) is 0.792. The molecule has 1 unspecified atom stereocenters. The monoisotopic (exact) mass is 227 g/mol. The molecule has 0 amide bonds. The molecule has 59 valence electrons. The molecule has 11 heavy (non-hydrogen) atoms. The molecule has 1 N–H and O–H groups in total. The Labute approximate surface area is 94.7 Å². The van der Waals surface area contributed by atoms with Crippen LogP contribution in [-0.2, 0) is 37.4 Å². The number of hydrogen-bond donors (Lipinski definition) is 1. The van der Waals surface area contributed by atoms with E-state index in [0.29, 0.717) is 6.61 Å². The Morgan fingerprint density at radius 1 is 1.64 bits per heavy atom. The summed E-state index contributed by atoms with van der Waals surface area (Å²) in [7, 11) is 5.05. The zero-order valence-corrected chi connectivity index (χ0v) is 9.44. The van der Waals surface area contributed by atoms with Gasteiger partial charge in [0.2, 0.25) is 0 Å². The van der Waals surface area contributed by atoms with Crippen molar-refractivity contribution < 1.29 is 42.6 Å². The van der Waals surface area contributed by atoms with E-state index in [9.17, 15) is 0 Å². The van der Waals surface area contributed by atoms with Gasteiger partial charge in [-0.15, -0.1) is 0 Å². The summed E-state index contributed by atoms with van der Waals surface area (Å²) in [5.41, 5.74) is 0. The van der Waals surface area contributed by atoms with Crippen LogP contribution in [0.2, 0.25) is 0 Å². The van der Waals surface area contributed by atoms with E-state index >= 15 is 0 Å². The average Bonchev–Trinajstić information content (AvgIpc) is 1.87. The molecule has 4 heteroatoms. The summed E-state index contributed by atoms with van der Waals surface area (Å²) in [6, 6.07) is 0. The quantitative estimate of drug-likeness (QED) is 0.319. The summed E-state index contributed by atoms with van der Waals surface area (Å²) in [5, 5.41) is 8.61. The Bertz CT molecular complexity index is 96.4. The number of aliphatic hydroxyl groups excluding tert-OH is 1. The molecule has 0 aliphatic carbocycles. The van der Waals surface area contributed by atoms with Gasteiger partial charge in [0, 0.05) is 32.7 Å². The van der Waals surface area contributed by atoms with Gasteiger partial charge < -0.3 is 28.3 Å². The van der Waals surface area contributed by atoms with E-state index in [1.54, 1.807) is 25.5 Å². The van der Waals surface area contributed by atoms with Crippen molar-refractivity contribution in [3.63, 3.8) is 0 Å². The molecule has 0 bridgehead atoms. The Balaban J connectivity index is 0. The Morgan fingerprint density at radius 2 is 2.27 bits per heavy atom. The van der Waals surface area contributed by atoms with Crippen molar-refractivity contribution in [2.24, 2.45) is 0 Å². The van der Waals surface area contributed by atoms with Crippen LogP contribution in [0.3, 0.4) is 0 Å². The van der Waals surface area contributed by atoms with Crippen molar-refractivity contribution in [2.45, 2.75) is 13.2 Å². The van der Waals surface area contributed by atoms with E-state index in [4.69, 9.17) is 17.7 Å². The maximum Gasteiger partial charge on any atom is 0.150 e. The summed E-state index contributed by atoms with van der Waals surface area (Å²) in [6.07, 6.45) is 5.93. The molecule has 3 radical (unpaired) electrons. The summed E-state index contributed by atoms with van der Waals surface area (Å²) >= 11 is 0. The maximum atomic E-state index is 8.61. The molecule has 2 nitrogen and oxygen atoms in total. The topological polar surface area (TPSA) is 29.5 Å². The molecule has 0 rings (SSSR count). The molecule has 0 fully saturated rings. The van der Waals surface area contributed by atoms with E-state index in [2.05, 4.69) is 0 Å². The minimum absolute atomic E-state index is 0. The molecule has 0 saturated heterocycles. The van der Waals surface area contributed by atoms with Gasteiger partial charge in [0.25, 0.3) is 0 Å². The van der Waals surface area contributed by atoms with Crippen LogP contribution in [0.15, 0.2) is 12.2 Å². The molecular formula is C7H11BO2Y-2. The molecule has 1 atom stereocenters. The second-order valence-electron chi connectivity index (χ2n) is 1.75. The van der Waals surface area contributed by atoms with Crippen molar-refractivity contribution in [1.82, 2.24) is 0 Å². The minimum Gasteiger partial charge on any atom is -0.385 e. The summed E-state index contributed by atoms with van der Waals surface area (Å²) < 4.78 is 4.78. The van der Waals surface area contributed by atoms with Gasteiger partial charge in [0.05, 0.1) is 0 Å². The molecule has 0 heterocycles. The van der Waals surface area contributed by atoms with Gasteiger partial charge in [-0.3, -0.25) is 6.42 Å². The zero-order valence-electron chi connectivity index (χ0n) is 6.60. The molecule has 0 aromatic carbocycles. The summed E-state index contributed by atoms with van der Waals surface area (Å²) in [6.45, 7) is 1.97. The van der Waals surface area contributed by atoms with Crippen molar-refractivity contribution in [1.29, 1.82) is 0 Å². The van der Waals surface area contributed by atoms with Crippen molar-refractivity contribution in [3.05, 3.63) is 24.9 Å². The fourth-order valence-electron chi connectivity index (χ4n) is 0.393.